The van der Waals surface area contributed by atoms with Gasteiger partial charge in [-0.15, -0.1) is 5.76 Å². The number of ketones is 1. The molecule has 0 atom stereocenters. The Morgan fingerprint density at radius 3 is 2.55 bits per heavy atom. The van der Waals surface area contributed by atoms with Crippen LogP contribution in [-0.2, 0) is 4.79 Å². The van der Waals surface area contributed by atoms with Gasteiger partial charge in [0, 0.05) is 0 Å². The first-order chi connectivity index (χ1) is 5.16. The predicted octanol–water partition coefficient (Wildman–Crippen LogP) is 1.40. The van der Waals surface area contributed by atoms with Crippen LogP contribution in [0.25, 0.3) is 0 Å². The lowest BCUT2D eigenvalue weighted by atomic mass is 10.1. The van der Waals surface area contributed by atoms with Crippen molar-refractivity contribution >= 4 is 5.78 Å². The fourth-order valence-electron chi connectivity index (χ4n) is 0.848. The van der Waals surface area contributed by atoms with Gasteiger partial charge in [-0.05, 0) is 19.4 Å². The summed E-state index contributed by atoms with van der Waals surface area (Å²) >= 11 is 0. The molecule has 0 amide bonds. The first kappa shape index (κ1) is 10.2. The molecule has 0 aliphatic carbocycles. The minimum atomic E-state index is -0.147. The van der Waals surface area contributed by atoms with E-state index in [0.717, 1.165) is 19.3 Å². The van der Waals surface area contributed by atoms with Gasteiger partial charge < -0.3 is 5.11 Å². The molecule has 0 N–H and O–H groups in total. The van der Waals surface area contributed by atoms with Crippen LogP contribution < -0.4 is 5.11 Å². The third-order valence-electron chi connectivity index (χ3n) is 1.39. The third kappa shape index (κ3) is 7.10. The largest absolute Gasteiger partial charge is 0.875 e. The molecule has 0 bridgehead atoms. The van der Waals surface area contributed by atoms with E-state index < -0.39 is 0 Å². The number of hydrogen-bond donors (Lipinski definition) is 0. The highest BCUT2D eigenvalue weighted by atomic mass is 16.3. The van der Waals surface area contributed by atoms with E-state index in [1.807, 2.05) is 0 Å². The zero-order valence-electron chi connectivity index (χ0n) is 7.22. The maximum atomic E-state index is 10.9. The topological polar surface area (TPSA) is 40.1 Å². The predicted molar refractivity (Wildman–Crippen MR) is 42.9 cm³/mol. The second-order valence-electron chi connectivity index (χ2n) is 2.68. The minimum Gasteiger partial charge on any atom is -0.875 e. The van der Waals surface area contributed by atoms with Crippen LogP contribution in [0.15, 0.2) is 11.8 Å². The molecule has 0 saturated heterocycles. The number of carbonyl (C=O) groups is 1. The molecule has 0 spiro atoms. The summed E-state index contributed by atoms with van der Waals surface area (Å²) in [5.41, 5.74) is 0. The summed E-state index contributed by atoms with van der Waals surface area (Å²) in [5, 5.41) is 10.9. The van der Waals surface area contributed by atoms with Crippen molar-refractivity contribution in [2.75, 3.05) is 0 Å². The van der Waals surface area contributed by atoms with E-state index in [2.05, 4.69) is 6.92 Å². The fourth-order valence-corrected chi connectivity index (χ4v) is 0.848. The average molecular weight is 155 g/mol. The molecule has 0 heterocycles. The van der Waals surface area contributed by atoms with Crippen molar-refractivity contribution in [3.63, 3.8) is 0 Å². The smallest absolute Gasteiger partial charge is 0.151 e. The molecule has 0 aliphatic heterocycles. The second-order valence-corrected chi connectivity index (χ2v) is 2.68. The summed E-state index contributed by atoms with van der Waals surface area (Å²) in [5.74, 6) is -0.183. The number of allylic oxidation sites excluding steroid dienone is 2. The third-order valence-corrected chi connectivity index (χ3v) is 1.39. The summed E-state index contributed by atoms with van der Waals surface area (Å²) in [4.78, 5) is 10.4. The Hall–Kier alpha value is -0.790. The molecular formula is C9H15O2-. The summed E-state index contributed by atoms with van der Waals surface area (Å²) < 4.78 is 0. The van der Waals surface area contributed by atoms with Gasteiger partial charge in [0.15, 0.2) is 5.78 Å². The summed E-state index contributed by atoms with van der Waals surface area (Å²) in [6.07, 6.45) is 4.77. The van der Waals surface area contributed by atoms with Crippen molar-refractivity contribution in [1.29, 1.82) is 0 Å². The molecule has 0 aliphatic rings. The van der Waals surface area contributed by atoms with Crippen LogP contribution in [0.3, 0.4) is 0 Å². The Morgan fingerprint density at radius 2 is 2.09 bits per heavy atom. The van der Waals surface area contributed by atoms with Crippen molar-refractivity contribution in [3.8, 4) is 0 Å². The molecule has 0 aromatic rings. The number of unbranched alkanes of at least 4 members (excludes halogenated alkanes) is 2. The highest BCUT2D eigenvalue weighted by molar-refractivity contribution is 5.87. The fraction of sp³-hybridized carbons (Fsp3) is 0.667. The Labute approximate surface area is 67.9 Å². The summed E-state index contributed by atoms with van der Waals surface area (Å²) in [6.45, 7) is 3.48. The number of rotatable bonds is 5. The SMILES string of the molecule is CCCCC/C([O-])=C/C(C)=O. The van der Waals surface area contributed by atoms with Crippen LogP contribution in [0.1, 0.15) is 39.5 Å². The van der Waals surface area contributed by atoms with Crippen LogP contribution in [0.2, 0.25) is 0 Å². The zero-order chi connectivity index (χ0) is 8.69. The summed E-state index contributed by atoms with van der Waals surface area (Å²) in [6, 6.07) is 0. The highest BCUT2D eigenvalue weighted by Crippen LogP contribution is 2.03. The monoisotopic (exact) mass is 155 g/mol. The normalized spacial score (nSPS) is 11.6. The molecule has 0 rings (SSSR count). The van der Waals surface area contributed by atoms with Gasteiger partial charge in [0.25, 0.3) is 0 Å². The van der Waals surface area contributed by atoms with Crippen LogP contribution >= 0.6 is 0 Å². The van der Waals surface area contributed by atoms with Gasteiger partial charge in [0.05, 0.1) is 0 Å². The lowest BCUT2D eigenvalue weighted by molar-refractivity contribution is -0.306. The quantitative estimate of drug-likeness (QED) is 0.342. The highest BCUT2D eigenvalue weighted by Gasteiger charge is 1.87. The average Bonchev–Trinajstić information content (AvgIpc) is 1.86. The molecule has 0 radical (unpaired) electrons. The van der Waals surface area contributed by atoms with Gasteiger partial charge in [-0.2, -0.15) is 0 Å². The molecule has 0 unspecified atom stereocenters. The van der Waals surface area contributed by atoms with E-state index in [9.17, 15) is 9.90 Å². The molecule has 64 valence electrons. The van der Waals surface area contributed by atoms with Crippen molar-refractivity contribution < 1.29 is 9.90 Å². The molecule has 0 fully saturated rings. The van der Waals surface area contributed by atoms with Gasteiger partial charge in [0.2, 0.25) is 0 Å². The molecular weight excluding hydrogens is 140 g/mol. The number of carbonyl (C=O) groups excluding carboxylic acids is 1. The molecule has 0 saturated carbocycles. The molecule has 11 heavy (non-hydrogen) atoms. The van der Waals surface area contributed by atoms with E-state index >= 15 is 0 Å². The van der Waals surface area contributed by atoms with Crippen LogP contribution in [0.5, 0.6) is 0 Å². The number of hydrogen-bond acceptors (Lipinski definition) is 2. The Kier molecular flexibility index (Phi) is 5.53. The summed E-state index contributed by atoms with van der Waals surface area (Å²) in [7, 11) is 0. The van der Waals surface area contributed by atoms with E-state index in [1.54, 1.807) is 0 Å². The molecule has 0 aromatic carbocycles. The standard InChI is InChI=1S/C9H16O2/c1-3-4-5-6-9(11)7-8(2)10/h7,11H,3-6H2,1-2H3/p-1/b9-7-. The van der Waals surface area contributed by atoms with Crippen molar-refractivity contribution in [1.82, 2.24) is 0 Å². The maximum absolute atomic E-state index is 10.9. The van der Waals surface area contributed by atoms with Gasteiger partial charge in [-0.3, -0.25) is 4.79 Å². The first-order valence-electron chi connectivity index (χ1n) is 4.05. The van der Waals surface area contributed by atoms with Crippen molar-refractivity contribution in [2.45, 2.75) is 39.5 Å². The van der Waals surface area contributed by atoms with Gasteiger partial charge in [-0.25, -0.2) is 0 Å². The minimum absolute atomic E-state index is 0.0362. The Bertz CT molecular complexity index is 148. The zero-order valence-corrected chi connectivity index (χ0v) is 7.22. The molecule has 2 heteroatoms. The first-order valence-corrected chi connectivity index (χ1v) is 4.05. The van der Waals surface area contributed by atoms with Crippen LogP contribution in [0, 0.1) is 0 Å². The lowest BCUT2D eigenvalue weighted by Gasteiger charge is -2.09. The van der Waals surface area contributed by atoms with Crippen molar-refractivity contribution in [2.24, 2.45) is 0 Å². The van der Waals surface area contributed by atoms with E-state index in [-0.39, 0.29) is 11.5 Å². The van der Waals surface area contributed by atoms with Gasteiger partial charge in [-0.1, -0.05) is 26.2 Å². The molecule has 2 nitrogen and oxygen atoms in total. The Balaban J connectivity index is 3.51. The lowest BCUT2D eigenvalue weighted by Crippen LogP contribution is -2.05. The van der Waals surface area contributed by atoms with Crippen LogP contribution in [-0.4, -0.2) is 5.78 Å². The van der Waals surface area contributed by atoms with E-state index in [4.69, 9.17) is 0 Å². The van der Waals surface area contributed by atoms with Gasteiger partial charge in [0.1, 0.15) is 0 Å². The van der Waals surface area contributed by atoms with Crippen molar-refractivity contribution in [3.05, 3.63) is 11.8 Å². The Morgan fingerprint density at radius 1 is 1.45 bits per heavy atom. The van der Waals surface area contributed by atoms with E-state index in [1.165, 1.54) is 13.0 Å². The van der Waals surface area contributed by atoms with Crippen LogP contribution in [0.4, 0.5) is 0 Å². The molecule has 0 aromatic heterocycles. The maximum Gasteiger partial charge on any atom is 0.151 e. The van der Waals surface area contributed by atoms with Gasteiger partial charge >= 0.3 is 0 Å². The second kappa shape index (κ2) is 5.96. The van der Waals surface area contributed by atoms with E-state index in [0.29, 0.717) is 6.42 Å².